The molecule has 2 N–H and O–H groups in total. The van der Waals surface area contributed by atoms with Crippen LogP contribution >= 0.6 is 0 Å². The number of aliphatic carboxylic acids is 1. The van der Waals surface area contributed by atoms with Gasteiger partial charge in [0.1, 0.15) is 5.60 Å². The van der Waals surface area contributed by atoms with Crippen molar-refractivity contribution in [1.82, 2.24) is 9.88 Å². The predicted molar refractivity (Wildman–Crippen MR) is 165 cm³/mol. The van der Waals surface area contributed by atoms with E-state index in [0.29, 0.717) is 31.8 Å². The summed E-state index contributed by atoms with van der Waals surface area (Å²) in [6.45, 7) is 9.63. The van der Waals surface area contributed by atoms with Crippen molar-refractivity contribution in [1.29, 1.82) is 0 Å². The molecule has 1 saturated heterocycles. The number of rotatable bonds is 2. The first-order chi connectivity index (χ1) is 20.8. The molecule has 3 aliphatic carbocycles. The minimum atomic E-state index is -0.841. The van der Waals surface area contributed by atoms with E-state index in [2.05, 4.69) is 47.8 Å². The molecule has 1 aromatic carbocycles. The number of amides is 1. The first-order valence-corrected chi connectivity index (χ1v) is 16.0. The number of hydrogen-bond donors (Lipinski definition) is 2. The highest BCUT2D eigenvalue weighted by Crippen LogP contribution is 2.69. The molecule has 5 atom stereocenters. The summed E-state index contributed by atoms with van der Waals surface area (Å²) in [5, 5.41) is 10.1. The lowest BCUT2D eigenvalue weighted by Crippen LogP contribution is -2.63. The maximum absolute atomic E-state index is 13.0. The highest BCUT2D eigenvalue weighted by molar-refractivity contribution is 5.98. The largest absolute Gasteiger partial charge is 0.481 e. The van der Waals surface area contributed by atoms with Gasteiger partial charge in [0.15, 0.2) is 11.6 Å². The second-order valence-corrected chi connectivity index (χ2v) is 14.3. The standard InChI is InChI=1S/C27H33NO3.C8H13NO4/c1-24(2)22(29)15-20-19-11-10-16-14-18-17-8-6-7-9-21(17)28-23(18)26(16,4)25(19,3)12-13-27(20,30-5)31-24;1-13-8(12)9-4-2-6(3-5-9)7(10)11/h6-9,15-16,19,28H,10-14H2,1-5H3;6H,2-5H2,1H3,(H,10,11)/t16?,19?,25?,26-,27?;/m1./s1. The summed E-state index contributed by atoms with van der Waals surface area (Å²) in [5.41, 5.74) is 4.52. The van der Waals surface area contributed by atoms with E-state index in [1.165, 1.54) is 40.6 Å². The van der Waals surface area contributed by atoms with Crippen LogP contribution in [0, 0.1) is 23.2 Å². The van der Waals surface area contributed by atoms with Crippen molar-refractivity contribution in [2.45, 2.75) is 89.4 Å². The van der Waals surface area contributed by atoms with E-state index in [-0.39, 0.29) is 34.5 Å². The summed E-state index contributed by atoms with van der Waals surface area (Å²) in [6, 6.07) is 8.73. The molecule has 0 spiro atoms. The number of nitrogens with zero attached hydrogens (tertiary/aromatic N) is 1. The Morgan fingerprint density at radius 3 is 2.39 bits per heavy atom. The van der Waals surface area contributed by atoms with Crippen molar-refractivity contribution in [3.8, 4) is 0 Å². The maximum atomic E-state index is 13.0. The zero-order valence-electron chi connectivity index (χ0n) is 26.8. The smallest absolute Gasteiger partial charge is 0.409 e. The number of likely N-dealkylation sites (tertiary alicyclic amines) is 1. The number of carboxylic acids is 1. The summed E-state index contributed by atoms with van der Waals surface area (Å²) >= 11 is 0. The van der Waals surface area contributed by atoms with Crippen molar-refractivity contribution in [3.63, 3.8) is 0 Å². The molecule has 3 heterocycles. The van der Waals surface area contributed by atoms with Crippen LogP contribution in [0.4, 0.5) is 4.79 Å². The second-order valence-electron chi connectivity index (χ2n) is 14.3. The monoisotopic (exact) mass is 606 g/mol. The topological polar surface area (TPSA) is 118 Å². The Hall–Kier alpha value is -3.17. The molecule has 238 valence electrons. The van der Waals surface area contributed by atoms with E-state index in [1.807, 2.05) is 19.9 Å². The number of carbonyl (C=O) groups is 3. The molecular weight excluding hydrogens is 560 g/mol. The lowest BCUT2D eigenvalue weighted by Gasteiger charge is -2.63. The van der Waals surface area contributed by atoms with E-state index in [4.69, 9.17) is 14.6 Å². The molecule has 5 aliphatic rings. The fourth-order valence-corrected chi connectivity index (χ4v) is 9.27. The van der Waals surface area contributed by atoms with Gasteiger partial charge in [-0.1, -0.05) is 32.0 Å². The van der Waals surface area contributed by atoms with Gasteiger partial charge in [-0.15, -0.1) is 0 Å². The maximum Gasteiger partial charge on any atom is 0.409 e. The number of aromatic amines is 1. The molecule has 44 heavy (non-hydrogen) atoms. The number of para-hydroxylation sites is 1. The van der Waals surface area contributed by atoms with Gasteiger partial charge >= 0.3 is 12.1 Å². The molecule has 2 aromatic rings. The van der Waals surface area contributed by atoms with Gasteiger partial charge < -0.3 is 29.2 Å². The number of aromatic nitrogens is 1. The molecule has 1 amide bonds. The summed E-state index contributed by atoms with van der Waals surface area (Å²) in [5.74, 6) is -0.881. The van der Waals surface area contributed by atoms with Gasteiger partial charge in [-0.25, -0.2) is 4.79 Å². The lowest BCUT2D eigenvalue weighted by molar-refractivity contribution is -0.273. The Kier molecular flexibility index (Phi) is 7.52. The third kappa shape index (κ3) is 4.44. The van der Waals surface area contributed by atoms with Crippen LogP contribution in [0.5, 0.6) is 0 Å². The third-order valence-electron chi connectivity index (χ3n) is 12.1. The molecule has 1 aromatic heterocycles. The van der Waals surface area contributed by atoms with Crippen LogP contribution in [0.25, 0.3) is 10.9 Å². The number of piperidine rings is 1. The van der Waals surface area contributed by atoms with Crippen molar-refractivity contribution in [2.24, 2.45) is 23.2 Å². The summed E-state index contributed by atoms with van der Waals surface area (Å²) in [6.07, 6.45) is 7.77. The predicted octanol–water partition coefficient (Wildman–Crippen LogP) is 6.00. The number of ether oxygens (including phenoxy) is 3. The van der Waals surface area contributed by atoms with Crippen molar-refractivity contribution < 1.29 is 33.7 Å². The van der Waals surface area contributed by atoms with Gasteiger partial charge in [0.25, 0.3) is 0 Å². The Balaban J connectivity index is 0.000000223. The SMILES string of the molecule is COC(=O)N1CCC(C(=O)O)CC1.COC12CCC3(C)C(CCC4Cc5c([nH]c6ccccc56)[C@@]43C)C1=CC(=O)C(C)(C)O2. The molecule has 9 nitrogen and oxygen atoms in total. The van der Waals surface area contributed by atoms with Crippen molar-refractivity contribution in [3.05, 3.63) is 47.2 Å². The number of nitrogens with one attached hydrogen (secondary N) is 1. The van der Waals surface area contributed by atoms with Crippen LogP contribution in [0.15, 0.2) is 35.9 Å². The number of carbonyl (C=O) groups excluding carboxylic acids is 2. The average molecular weight is 607 g/mol. The lowest BCUT2D eigenvalue weighted by atomic mass is 9.44. The number of hydrogen-bond acceptors (Lipinski definition) is 6. The summed E-state index contributed by atoms with van der Waals surface area (Å²) < 4.78 is 17.0. The Bertz CT molecular complexity index is 1520. The van der Waals surface area contributed by atoms with Gasteiger partial charge in [-0.2, -0.15) is 0 Å². The fraction of sp³-hybridized carbons (Fsp3) is 0.629. The highest BCUT2D eigenvalue weighted by Gasteiger charge is 2.67. The molecule has 2 aliphatic heterocycles. The Labute approximate surface area is 259 Å². The van der Waals surface area contributed by atoms with Crippen LogP contribution in [-0.2, 0) is 35.6 Å². The van der Waals surface area contributed by atoms with Crippen LogP contribution < -0.4 is 0 Å². The van der Waals surface area contributed by atoms with Crippen LogP contribution in [0.2, 0.25) is 0 Å². The van der Waals surface area contributed by atoms with Gasteiger partial charge in [0.05, 0.1) is 13.0 Å². The fourth-order valence-electron chi connectivity index (χ4n) is 9.27. The zero-order valence-corrected chi connectivity index (χ0v) is 26.8. The van der Waals surface area contributed by atoms with Crippen LogP contribution in [0.1, 0.15) is 77.5 Å². The zero-order chi connectivity index (χ0) is 31.7. The molecule has 7 rings (SSSR count). The number of methoxy groups -OCH3 is 2. The minimum absolute atomic E-state index is 0.0427. The Morgan fingerprint density at radius 2 is 1.73 bits per heavy atom. The molecule has 0 radical (unpaired) electrons. The summed E-state index contributed by atoms with van der Waals surface area (Å²) in [7, 11) is 3.06. The number of ketones is 1. The van der Waals surface area contributed by atoms with Crippen molar-refractivity contribution in [2.75, 3.05) is 27.3 Å². The van der Waals surface area contributed by atoms with Crippen LogP contribution in [0.3, 0.4) is 0 Å². The van der Waals surface area contributed by atoms with Gasteiger partial charge in [0, 0.05) is 48.6 Å². The molecule has 3 fully saturated rings. The van der Waals surface area contributed by atoms with E-state index in [1.54, 1.807) is 7.11 Å². The Morgan fingerprint density at radius 1 is 1.02 bits per heavy atom. The number of benzene rings is 1. The van der Waals surface area contributed by atoms with Crippen molar-refractivity contribution >= 4 is 28.7 Å². The molecule has 4 unspecified atom stereocenters. The first-order valence-electron chi connectivity index (χ1n) is 16.0. The van der Waals surface area contributed by atoms with E-state index < -0.39 is 17.4 Å². The molecule has 2 saturated carbocycles. The normalized spacial score (nSPS) is 34.1. The highest BCUT2D eigenvalue weighted by atomic mass is 16.7. The third-order valence-corrected chi connectivity index (χ3v) is 12.1. The van der Waals surface area contributed by atoms with E-state index in [0.717, 1.165) is 31.3 Å². The minimum Gasteiger partial charge on any atom is -0.481 e. The van der Waals surface area contributed by atoms with E-state index >= 15 is 0 Å². The van der Waals surface area contributed by atoms with Gasteiger partial charge in [-0.05, 0) is 92.9 Å². The first kappa shape index (κ1) is 30.8. The van der Waals surface area contributed by atoms with Crippen LogP contribution in [-0.4, -0.2) is 71.5 Å². The molecule has 9 heteroatoms. The number of H-pyrrole nitrogens is 1. The molecule has 0 bridgehead atoms. The quantitative estimate of drug-likeness (QED) is 0.430. The molecular formula is C35H46N2O7. The second kappa shape index (κ2) is 10.7. The summed E-state index contributed by atoms with van der Waals surface area (Å²) in [4.78, 5) is 39.9. The number of carboxylic acid groups (broad SMARTS) is 1. The number of fused-ring (bicyclic) bond motifs is 9. The van der Waals surface area contributed by atoms with Gasteiger partial charge in [-0.3, -0.25) is 9.59 Å². The van der Waals surface area contributed by atoms with Gasteiger partial charge in [0.2, 0.25) is 0 Å². The average Bonchev–Trinajstić information content (AvgIpc) is 3.52. The van der Waals surface area contributed by atoms with E-state index in [9.17, 15) is 14.4 Å².